The summed E-state index contributed by atoms with van der Waals surface area (Å²) in [6, 6.07) is 0.543. The number of rotatable bonds is 5. The predicted octanol–water partition coefficient (Wildman–Crippen LogP) is 1.66. The van der Waals surface area contributed by atoms with Crippen molar-refractivity contribution in [3.63, 3.8) is 0 Å². The summed E-state index contributed by atoms with van der Waals surface area (Å²) in [6.07, 6.45) is 7.28. The van der Waals surface area contributed by atoms with Crippen molar-refractivity contribution in [1.82, 2.24) is 4.90 Å². The van der Waals surface area contributed by atoms with Crippen molar-refractivity contribution in [3.8, 4) is 0 Å². The zero-order chi connectivity index (χ0) is 10.9. The van der Waals surface area contributed by atoms with Crippen molar-refractivity contribution >= 4 is 5.91 Å². The van der Waals surface area contributed by atoms with E-state index in [1.54, 1.807) is 0 Å². The first-order chi connectivity index (χ1) is 7.14. The van der Waals surface area contributed by atoms with Gasteiger partial charge < -0.3 is 10.6 Å². The summed E-state index contributed by atoms with van der Waals surface area (Å²) in [4.78, 5) is 14.1. The average Bonchev–Trinajstić information content (AvgIpc) is 2.94. The Morgan fingerprint density at radius 1 is 1.47 bits per heavy atom. The number of carbonyl (C=O) groups is 1. The molecule has 0 aromatic heterocycles. The van der Waals surface area contributed by atoms with Crippen LogP contribution in [0.3, 0.4) is 0 Å². The van der Waals surface area contributed by atoms with E-state index in [9.17, 15) is 4.79 Å². The van der Waals surface area contributed by atoms with Crippen molar-refractivity contribution in [2.75, 3.05) is 6.54 Å². The van der Waals surface area contributed by atoms with Gasteiger partial charge >= 0.3 is 0 Å². The minimum atomic E-state index is -0.155. The van der Waals surface area contributed by atoms with Crippen LogP contribution in [-0.4, -0.2) is 28.9 Å². The van der Waals surface area contributed by atoms with E-state index in [-0.39, 0.29) is 5.54 Å². The standard InChI is InChI=1S/C12H22N2O/c1-2-8-14(10-4-5-10)11(15)9-12(13)6-3-7-12/h10H,2-9,13H2,1H3. The molecule has 1 amide bonds. The highest BCUT2D eigenvalue weighted by Crippen LogP contribution is 2.34. The molecule has 0 saturated heterocycles. The van der Waals surface area contributed by atoms with Crippen LogP contribution >= 0.6 is 0 Å². The molecule has 0 aromatic carbocycles. The molecule has 3 nitrogen and oxygen atoms in total. The van der Waals surface area contributed by atoms with E-state index in [4.69, 9.17) is 5.73 Å². The average molecular weight is 210 g/mol. The van der Waals surface area contributed by atoms with Gasteiger partial charge in [0.25, 0.3) is 0 Å². The zero-order valence-electron chi connectivity index (χ0n) is 9.67. The summed E-state index contributed by atoms with van der Waals surface area (Å²) in [7, 11) is 0. The Morgan fingerprint density at radius 2 is 2.13 bits per heavy atom. The predicted molar refractivity (Wildman–Crippen MR) is 60.4 cm³/mol. The molecule has 2 N–H and O–H groups in total. The maximum atomic E-state index is 12.1. The number of nitrogens with two attached hydrogens (primary N) is 1. The minimum absolute atomic E-state index is 0.155. The largest absolute Gasteiger partial charge is 0.340 e. The summed E-state index contributed by atoms with van der Waals surface area (Å²) >= 11 is 0. The molecular formula is C12H22N2O. The van der Waals surface area contributed by atoms with Gasteiger partial charge in [-0.3, -0.25) is 4.79 Å². The molecule has 0 spiro atoms. The summed E-state index contributed by atoms with van der Waals surface area (Å²) in [5.74, 6) is 0.293. The van der Waals surface area contributed by atoms with Crippen LogP contribution in [0.5, 0.6) is 0 Å². The van der Waals surface area contributed by atoms with Crippen molar-refractivity contribution in [3.05, 3.63) is 0 Å². The lowest BCUT2D eigenvalue weighted by Crippen LogP contribution is -2.51. The number of hydrogen-bond acceptors (Lipinski definition) is 2. The Bertz CT molecular complexity index is 244. The van der Waals surface area contributed by atoms with Gasteiger partial charge in [0, 0.05) is 24.5 Å². The molecule has 0 atom stereocenters. The van der Waals surface area contributed by atoms with Gasteiger partial charge in [0.05, 0.1) is 0 Å². The normalized spacial score (nSPS) is 23.3. The van der Waals surface area contributed by atoms with E-state index in [0.717, 1.165) is 25.8 Å². The first kappa shape index (κ1) is 10.9. The summed E-state index contributed by atoms with van der Waals surface area (Å²) in [5, 5.41) is 0. The molecule has 86 valence electrons. The number of carbonyl (C=O) groups excluding carboxylic acids is 1. The summed E-state index contributed by atoms with van der Waals surface area (Å²) in [6.45, 7) is 3.05. The Balaban J connectivity index is 1.86. The fourth-order valence-electron chi connectivity index (χ4n) is 2.35. The molecule has 2 fully saturated rings. The van der Waals surface area contributed by atoms with Crippen LogP contribution in [0.4, 0.5) is 0 Å². The van der Waals surface area contributed by atoms with Gasteiger partial charge in [-0.15, -0.1) is 0 Å². The highest BCUT2D eigenvalue weighted by atomic mass is 16.2. The lowest BCUT2D eigenvalue weighted by Gasteiger charge is -2.39. The molecule has 0 aliphatic heterocycles. The van der Waals surface area contributed by atoms with Crippen LogP contribution in [0.25, 0.3) is 0 Å². The molecule has 2 aliphatic carbocycles. The Kier molecular flexibility index (Phi) is 3.01. The molecule has 0 bridgehead atoms. The first-order valence-corrected chi connectivity index (χ1v) is 6.23. The van der Waals surface area contributed by atoms with Gasteiger partial charge in [-0.05, 0) is 38.5 Å². The fourth-order valence-corrected chi connectivity index (χ4v) is 2.35. The van der Waals surface area contributed by atoms with Gasteiger partial charge in [-0.25, -0.2) is 0 Å². The van der Waals surface area contributed by atoms with E-state index in [1.165, 1.54) is 19.3 Å². The second-order valence-corrected chi connectivity index (χ2v) is 5.21. The number of nitrogens with zero attached hydrogens (tertiary/aromatic N) is 1. The van der Waals surface area contributed by atoms with Crippen molar-refractivity contribution in [1.29, 1.82) is 0 Å². The second-order valence-electron chi connectivity index (χ2n) is 5.21. The number of hydrogen-bond donors (Lipinski definition) is 1. The fraction of sp³-hybridized carbons (Fsp3) is 0.917. The maximum Gasteiger partial charge on any atom is 0.224 e. The van der Waals surface area contributed by atoms with Crippen LogP contribution in [0.2, 0.25) is 0 Å². The molecule has 2 rings (SSSR count). The molecule has 0 radical (unpaired) electrons. The molecule has 0 aromatic rings. The molecule has 0 heterocycles. The second kappa shape index (κ2) is 4.12. The molecule has 2 aliphatic rings. The van der Waals surface area contributed by atoms with Crippen LogP contribution in [0.1, 0.15) is 51.9 Å². The third kappa shape index (κ3) is 2.51. The van der Waals surface area contributed by atoms with Crippen LogP contribution < -0.4 is 5.73 Å². The monoisotopic (exact) mass is 210 g/mol. The highest BCUT2D eigenvalue weighted by Gasteiger charge is 2.39. The van der Waals surface area contributed by atoms with Crippen LogP contribution in [0.15, 0.2) is 0 Å². The third-order valence-electron chi connectivity index (χ3n) is 3.63. The first-order valence-electron chi connectivity index (χ1n) is 6.23. The topological polar surface area (TPSA) is 46.3 Å². The molecular weight excluding hydrogens is 188 g/mol. The van der Waals surface area contributed by atoms with Crippen LogP contribution in [-0.2, 0) is 4.79 Å². The van der Waals surface area contributed by atoms with E-state index in [1.807, 2.05) is 0 Å². The Hall–Kier alpha value is -0.570. The van der Waals surface area contributed by atoms with Crippen molar-refractivity contribution in [2.24, 2.45) is 5.73 Å². The van der Waals surface area contributed by atoms with Gasteiger partial charge in [-0.1, -0.05) is 6.92 Å². The van der Waals surface area contributed by atoms with E-state index < -0.39 is 0 Å². The molecule has 3 heteroatoms. The Morgan fingerprint density at radius 3 is 2.53 bits per heavy atom. The zero-order valence-corrected chi connectivity index (χ0v) is 9.67. The van der Waals surface area contributed by atoms with Crippen LogP contribution in [0, 0.1) is 0 Å². The van der Waals surface area contributed by atoms with E-state index >= 15 is 0 Å². The lowest BCUT2D eigenvalue weighted by atomic mass is 9.75. The minimum Gasteiger partial charge on any atom is -0.340 e. The van der Waals surface area contributed by atoms with Gasteiger partial charge in [-0.2, -0.15) is 0 Å². The van der Waals surface area contributed by atoms with Crippen molar-refractivity contribution < 1.29 is 4.79 Å². The number of amides is 1. The third-order valence-corrected chi connectivity index (χ3v) is 3.63. The van der Waals surface area contributed by atoms with Gasteiger partial charge in [0.15, 0.2) is 0 Å². The lowest BCUT2D eigenvalue weighted by molar-refractivity contribution is -0.133. The van der Waals surface area contributed by atoms with Gasteiger partial charge in [0.1, 0.15) is 0 Å². The highest BCUT2D eigenvalue weighted by molar-refractivity contribution is 5.78. The van der Waals surface area contributed by atoms with E-state index in [2.05, 4.69) is 11.8 Å². The SMILES string of the molecule is CCCN(C(=O)CC1(N)CCC1)C1CC1. The quantitative estimate of drug-likeness (QED) is 0.750. The molecule has 0 unspecified atom stereocenters. The molecule has 2 saturated carbocycles. The summed E-state index contributed by atoms with van der Waals surface area (Å²) < 4.78 is 0. The van der Waals surface area contributed by atoms with Gasteiger partial charge in [0.2, 0.25) is 5.91 Å². The van der Waals surface area contributed by atoms with Crippen molar-refractivity contribution in [2.45, 2.75) is 63.5 Å². The smallest absolute Gasteiger partial charge is 0.224 e. The summed E-state index contributed by atoms with van der Waals surface area (Å²) in [5.41, 5.74) is 5.96. The maximum absolute atomic E-state index is 12.1. The molecule has 15 heavy (non-hydrogen) atoms. The Labute approximate surface area is 92.0 Å². The van der Waals surface area contributed by atoms with E-state index in [0.29, 0.717) is 18.4 Å².